The lowest BCUT2D eigenvalue weighted by Crippen LogP contribution is -2.28. The molecule has 0 amide bonds. The Kier molecular flexibility index (Phi) is 3.70. The Bertz CT molecular complexity index is 739. The fourth-order valence-corrected chi connectivity index (χ4v) is 3.16. The van der Waals surface area contributed by atoms with Gasteiger partial charge in [-0.25, -0.2) is 8.42 Å². The summed E-state index contributed by atoms with van der Waals surface area (Å²) < 4.78 is 65.1. The molecule has 114 valence electrons. The number of aryl methyl sites for hydroxylation is 1. The summed E-state index contributed by atoms with van der Waals surface area (Å²) in [5.41, 5.74) is -1.16. The molecule has 9 heteroatoms. The summed E-state index contributed by atoms with van der Waals surface area (Å²) in [6.45, 7) is 0. The van der Waals surface area contributed by atoms with Crippen molar-refractivity contribution in [2.45, 2.75) is 11.1 Å². The first kappa shape index (κ1) is 15.4. The van der Waals surface area contributed by atoms with E-state index < -0.39 is 26.8 Å². The molecular weight excluding hydrogens is 307 g/mol. The molecular formula is C12H12F3N3O2S. The third-order valence-electron chi connectivity index (χ3n) is 2.82. The molecule has 0 aliphatic heterocycles. The summed E-state index contributed by atoms with van der Waals surface area (Å²) in [6, 6.07) is 7.84. The second-order valence-corrected chi connectivity index (χ2v) is 6.26. The van der Waals surface area contributed by atoms with Gasteiger partial charge in [-0.2, -0.15) is 18.3 Å². The predicted molar refractivity (Wildman–Crippen MR) is 70.2 cm³/mol. The van der Waals surface area contributed by atoms with Gasteiger partial charge in [0.05, 0.1) is 5.69 Å². The molecule has 0 aliphatic carbocycles. The third kappa shape index (κ3) is 2.87. The molecule has 0 fully saturated rings. The zero-order chi connectivity index (χ0) is 15.8. The van der Waals surface area contributed by atoms with E-state index in [9.17, 15) is 21.6 Å². The van der Waals surface area contributed by atoms with Crippen LogP contribution in [0.5, 0.6) is 0 Å². The Balaban J connectivity index is 2.55. The van der Waals surface area contributed by atoms with Gasteiger partial charge < -0.3 is 0 Å². The molecule has 0 bridgehead atoms. The molecule has 0 unspecified atom stereocenters. The Morgan fingerprint density at radius 3 is 2.29 bits per heavy atom. The van der Waals surface area contributed by atoms with Gasteiger partial charge >= 0.3 is 6.18 Å². The van der Waals surface area contributed by atoms with Gasteiger partial charge in [0.1, 0.15) is 4.90 Å². The summed E-state index contributed by atoms with van der Waals surface area (Å²) in [5, 5.41) is 3.21. The lowest BCUT2D eigenvalue weighted by molar-refractivity contribution is -0.143. The molecule has 1 aromatic heterocycles. The van der Waals surface area contributed by atoms with Crippen molar-refractivity contribution in [1.82, 2.24) is 9.78 Å². The minimum absolute atomic E-state index is 0.259. The Labute approximate surface area is 119 Å². The molecule has 0 saturated carbocycles. The number of benzene rings is 1. The van der Waals surface area contributed by atoms with Gasteiger partial charge in [0.15, 0.2) is 5.69 Å². The molecule has 1 heterocycles. The molecule has 21 heavy (non-hydrogen) atoms. The van der Waals surface area contributed by atoms with Crippen molar-refractivity contribution >= 4 is 15.7 Å². The van der Waals surface area contributed by atoms with E-state index in [0.717, 1.165) is 15.2 Å². The number of hydrogen-bond acceptors (Lipinski definition) is 3. The van der Waals surface area contributed by atoms with Gasteiger partial charge in [-0.1, -0.05) is 18.2 Å². The standard InChI is InChI=1S/C12H12F3N3O2S/c1-17-8-10(11(16-17)12(13,14)15)21(19,20)18(2)9-6-4-3-5-7-9/h3-8H,1-2H3. The fraction of sp³-hybridized carbons (Fsp3) is 0.250. The fourth-order valence-electron chi connectivity index (χ4n) is 1.78. The minimum Gasteiger partial charge on any atom is -0.274 e. The van der Waals surface area contributed by atoms with Crippen LogP contribution in [0.4, 0.5) is 18.9 Å². The minimum atomic E-state index is -4.85. The van der Waals surface area contributed by atoms with Crippen molar-refractivity contribution in [3.8, 4) is 0 Å². The Hall–Kier alpha value is -2.03. The first-order valence-electron chi connectivity index (χ1n) is 5.79. The van der Waals surface area contributed by atoms with Crippen LogP contribution >= 0.6 is 0 Å². The van der Waals surface area contributed by atoms with Gasteiger partial charge in [0.2, 0.25) is 0 Å². The zero-order valence-corrected chi connectivity index (χ0v) is 12.0. The van der Waals surface area contributed by atoms with E-state index in [1.807, 2.05) is 0 Å². The molecule has 0 radical (unpaired) electrons. The highest BCUT2D eigenvalue weighted by Gasteiger charge is 2.42. The van der Waals surface area contributed by atoms with Gasteiger partial charge in [-0.15, -0.1) is 0 Å². The Morgan fingerprint density at radius 1 is 1.19 bits per heavy atom. The monoisotopic (exact) mass is 319 g/mol. The van der Waals surface area contributed by atoms with Crippen LogP contribution in [0.15, 0.2) is 41.4 Å². The lowest BCUT2D eigenvalue weighted by atomic mass is 10.3. The lowest BCUT2D eigenvalue weighted by Gasteiger charge is -2.19. The topological polar surface area (TPSA) is 55.2 Å². The highest BCUT2D eigenvalue weighted by atomic mass is 32.2. The summed E-state index contributed by atoms with van der Waals surface area (Å²) >= 11 is 0. The first-order valence-corrected chi connectivity index (χ1v) is 7.23. The van der Waals surface area contributed by atoms with Gasteiger partial charge in [0, 0.05) is 20.3 Å². The van der Waals surface area contributed by atoms with Crippen molar-refractivity contribution in [1.29, 1.82) is 0 Å². The van der Waals surface area contributed by atoms with Crippen LogP contribution in [0.25, 0.3) is 0 Å². The SMILES string of the molecule is CN(c1ccccc1)S(=O)(=O)c1cn(C)nc1C(F)(F)F. The molecule has 0 spiro atoms. The van der Waals surface area contributed by atoms with Crippen molar-refractivity contribution < 1.29 is 21.6 Å². The third-order valence-corrected chi connectivity index (χ3v) is 4.61. The normalized spacial score (nSPS) is 12.4. The van der Waals surface area contributed by atoms with Crippen LogP contribution in [-0.4, -0.2) is 25.2 Å². The van der Waals surface area contributed by atoms with Crippen LogP contribution in [0, 0.1) is 0 Å². The van der Waals surface area contributed by atoms with E-state index in [0.29, 0.717) is 0 Å². The zero-order valence-electron chi connectivity index (χ0n) is 11.2. The number of alkyl halides is 3. The Morgan fingerprint density at radius 2 is 1.76 bits per heavy atom. The van der Waals surface area contributed by atoms with Gasteiger partial charge in [-0.3, -0.25) is 8.99 Å². The quantitative estimate of drug-likeness (QED) is 0.872. The average Bonchev–Trinajstić information content (AvgIpc) is 2.82. The molecule has 2 aromatic rings. The van der Waals surface area contributed by atoms with E-state index in [4.69, 9.17) is 0 Å². The molecule has 0 aliphatic rings. The number of rotatable bonds is 3. The van der Waals surface area contributed by atoms with E-state index >= 15 is 0 Å². The van der Waals surface area contributed by atoms with Crippen LogP contribution < -0.4 is 4.31 Å². The first-order chi connectivity index (χ1) is 9.64. The number of aromatic nitrogens is 2. The summed E-state index contributed by atoms with van der Waals surface area (Å²) in [5.74, 6) is 0. The van der Waals surface area contributed by atoms with Crippen LogP contribution in [-0.2, 0) is 23.2 Å². The second kappa shape index (κ2) is 5.06. The van der Waals surface area contributed by atoms with E-state index in [1.165, 1.54) is 26.2 Å². The maximum Gasteiger partial charge on any atom is 0.436 e. The van der Waals surface area contributed by atoms with E-state index in [2.05, 4.69) is 5.10 Å². The predicted octanol–water partition coefficient (Wildman–Crippen LogP) is 2.26. The maximum atomic E-state index is 12.9. The summed E-state index contributed by atoms with van der Waals surface area (Å²) in [7, 11) is -1.93. The molecule has 1 aromatic carbocycles. The molecule has 0 saturated heterocycles. The average molecular weight is 319 g/mol. The van der Waals surface area contributed by atoms with Gasteiger partial charge in [-0.05, 0) is 12.1 Å². The number of nitrogens with zero attached hydrogens (tertiary/aromatic N) is 3. The number of halogens is 3. The van der Waals surface area contributed by atoms with Crippen molar-refractivity contribution in [2.75, 3.05) is 11.4 Å². The highest BCUT2D eigenvalue weighted by Crippen LogP contribution is 2.34. The molecule has 0 N–H and O–H groups in total. The van der Waals surface area contributed by atoms with E-state index in [-0.39, 0.29) is 5.69 Å². The second-order valence-electron chi connectivity index (χ2n) is 4.32. The molecule has 0 atom stereocenters. The number of hydrogen-bond donors (Lipinski definition) is 0. The van der Waals surface area contributed by atoms with Crippen molar-refractivity contribution in [2.24, 2.45) is 7.05 Å². The van der Waals surface area contributed by atoms with Crippen molar-refractivity contribution in [3.05, 3.63) is 42.2 Å². The molecule has 5 nitrogen and oxygen atoms in total. The largest absolute Gasteiger partial charge is 0.436 e. The smallest absolute Gasteiger partial charge is 0.274 e. The highest BCUT2D eigenvalue weighted by molar-refractivity contribution is 7.92. The van der Waals surface area contributed by atoms with Crippen LogP contribution in [0.3, 0.4) is 0 Å². The number of sulfonamides is 1. The van der Waals surface area contributed by atoms with Crippen LogP contribution in [0.2, 0.25) is 0 Å². The molecule has 2 rings (SSSR count). The summed E-state index contributed by atoms with van der Waals surface area (Å²) in [4.78, 5) is -0.871. The number of anilines is 1. The maximum absolute atomic E-state index is 12.9. The van der Waals surface area contributed by atoms with E-state index in [1.54, 1.807) is 18.2 Å². The van der Waals surface area contributed by atoms with Gasteiger partial charge in [0.25, 0.3) is 10.0 Å². The van der Waals surface area contributed by atoms with Crippen molar-refractivity contribution in [3.63, 3.8) is 0 Å². The van der Waals surface area contributed by atoms with Crippen LogP contribution in [0.1, 0.15) is 5.69 Å². The summed E-state index contributed by atoms with van der Waals surface area (Å²) in [6.07, 6.45) is -4.00. The number of para-hydroxylation sites is 1.